The Bertz CT molecular complexity index is 646. The van der Waals surface area contributed by atoms with Crippen molar-refractivity contribution in [2.75, 3.05) is 5.32 Å². The topological polar surface area (TPSA) is 92.4 Å². The second kappa shape index (κ2) is 4.93. The molecule has 0 spiro atoms. The van der Waals surface area contributed by atoms with Crippen LogP contribution >= 0.6 is 0 Å². The molecular weight excluding hydrogens is 248 g/mol. The summed E-state index contributed by atoms with van der Waals surface area (Å²) in [6.45, 7) is 3.40. The fourth-order valence-electron chi connectivity index (χ4n) is 1.73. The fourth-order valence-corrected chi connectivity index (χ4v) is 1.73. The molecule has 2 heterocycles. The normalized spacial score (nSPS) is 10.2. The number of furan rings is 1. The van der Waals surface area contributed by atoms with Crippen LogP contribution < -0.4 is 5.32 Å². The Morgan fingerprint density at radius 3 is 2.63 bits per heavy atom. The van der Waals surface area contributed by atoms with Gasteiger partial charge in [0.25, 0.3) is 5.91 Å². The smallest absolute Gasteiger partial charge is 0.337 e. The van der Waals surface area contributed by atoms with Gasteiger partial charge < -0.3 is 14.8 Å². The van der Waals surface area contributed by atoms with E-state index in [4.69, 9.17) is 9.52 Å². The third-order valence-corrected chi connectivity index (χ3v) is 2.59. The molecule has 2 aromatic heterocycles. The molecular formula is C13H12N2O4. The van der Waals surface area contributed by atoms with Gasteiger partial charge in [-0.2, -0.15) is 0 Å². The van der Waals surface area contributed by atoms with Crippen LogP contribution in [0.2, 0.25) is 0 Å². The first-order chi connectivity index (χ1) is 8.99. The van der Waals surface area contributed by atoms with E-state index in [9.17, 15) is 9.59 Å². The number of carboxylic acids is 1. The molecule has 0 aliphatic heterocycles. The molecule has 19 heavy (non-hydrogen) atoms. The predicted octanol–water partition coefficient (Wildman–Crippen LogP) is 2.24. The van der Waals surface area contributed by atoms with Crippen molar-refractivity contribution < 1.29 is 19.1 Å². The van der Waals surface area contributed by atoms with Crippen molar-refractivity contribution in [2.24, 2.45) is 0 Å². The lowest BCUT2D eigenvalue weighted by molar-refractivity contribution is 0.0698. The second-order valence-electron chi connectivity index (χ2n) is 4.01. The van der Waals surface area contributed by atoms with E-state index in [0.29, 0.717) is 17.1 Å². The van der Waals surface area contributed by atoms with Crippen molar-refractivity contribution in [3.8, 4) is 0 Å². The molecule has 0 atom stereocenters. The van der Waals surface area contributed by atoms with Gasteiger partial charge in [0.1, 0.15) is 11.5 Å². The van der Waals surface area contributed by atoms with Gasteiger partial charge in [-0.05, 0) is 26.0 Å². The number of rotatable bonds is 3. The average Bonchev–Trinajstić information content (AvgIpc) is 2.69. The third kappa shape index (κ3) is 2.62. The molecule has 0 bridgehead atoms. The van der Waals surface area contributed by atoms with Crippen LogP contribution in [-0.2, 0) is 0 Å². The van der Waals surface area contributed by atoms with E-state index in [2.05, 4.69) is 10.3 Å². The molecule has 2 aromatic rings. The number of pyridine rings is 1. The Balaban J connectivity index is 2.29. The van der Waals surface area contributed by atoms with Crippen molar-refractivity contribution in [3.63, 3.8) is 0 Å². The standard InChI is InChI=1S/C13H12N2O4/c1-7-5-10(8(2)19-7)12(16)15-11-6-14-4-3-9(11)13(17)18/h3-6H,1-2H3,(H,15,16)(H,17,18). The first-order valence-corrected chi connectivity index (χ1v) is 5.54. The van der Waals surface area contributed by atoms with Gasteiger partial charge in [0, 0.05) is 6.20 Å². The van der Waals surface area contributed by atoms with E-state index in [1.165, 1.54) is 18.5 Å². The first-order valence-electron chi connectivity index (χ1n) is 5.54. The summed E-state index contributed by atoms with van der Waals surface area (Å²) in [5, 5.41) is 11.5. The van der Waals surface area contributed by atoms with Crippen LogP contribution in [0.15, 0.2) is 28.9 Å². The van der Waals surface area contributed by atoms with Crippen LogP contribution in [0.3, 0.4) is 0 Å². The van der Waals surface area contributed by atoms with Gasteiger partial charge >= 0.3 is 5.97 Å². The maximum atomic E-state index is 12.0. The lowest BCUT2D eigenvalue weighted by atomic mass is 10.2. The second-order valence-corrected chi connectivity index (χ2v) is 4.01. The Morgan fingerprint density at radius 2 is 2.05 bits per heavy atom. The van der Waals surface area contributed by atoms with Crippen molar-refractivity contribution in [3.05, 3.63) is 47.2 Å². The minimum atomic E-state index is -1.13. The summed E-state index contributed by atoms with van der Waals surface area (Å²) in [6.07, 6.45) is 2.65. The molecule has 2 N–H and O–H groups in total. The van der Waals surface area contributed by atoms with Gasteiger partial charge in [0.2, 0.25) is 0 Å². The molecule has 6 nitrogen and oxygen atoms in total. The van der Waals surface area contributed by atoms with E-state index < -0.39 is 11.9 Å². The highest BCUT2D eigenvalue weighted by atomic mass is 16.4. The summed E-state index contributed by atoms with van der Waals surface area (Å²) in [4.78, 5) is 26.8. The quantitative estimate of drug-likeness (QED) is 0.882. The van der Waals surface area contributed by atoms with E-state index in [1.54, 1.807) is 19.9 Å². The molecule has 2 rings (SSSR count). The van der Waals surface area contributed by atoms with Gasteiger partial charge in [-0.15, -0.1) is 0 Å². The van der Waals surface area contributed by atoms with Gasteiger partial charge in [-0.3, -0.25) is 9.78 Å². The van der Waals surface area contributed by atoms with Crippen molar-refractivity contribution >= 4 is 17.6 Å². The highest BCUT2D eigenvalue weighted by Crippen LogP contribution is 2.18. The number of hydrogen-bond donors (Lipinski definition) is 2. The molecule has 0 aliphatic rings. The Kier molecular flexibility index (Phi) is 3.33. The molecule has 6 heteroatoms. The minimum absolute atomic E-state index is 0.0128. The van der Waals surface area contributed by atoms with Crippen LogP contribution in [0.4, 0.5) is 5.69 Å². The largest absolute Gasteiger partial charge is 0.478 e. The third-order valence-electron chi connectivity index (χ3n) is 2.59. The zero-order chi connectivity index (χ0) is 14.0. The minimum Gasteiger partial charge on any atom is -0.478 e. The van der Waals surface area contributed by atoms with Gasteiger partial charge in [-0.1, -0.05) is 0 Å². The fraction of sp³-hybridized carbons (Fsp3) is 0.154. The Hall–Kier alpha value is -2.63. The summed E-state index contributed by atoms with van der Waals surface area (Å²) >= 11 is 0. The molecule has 0 unspecified atom stereocenters. The zero-order valence-electron chi connectivity index (χ0n) is 10.4. The number of aromatic nitrogens is 1. The molecule has 98 valence electrons. The maximum Gasteiger partial charge on any atom is 0.337 e. The highest BCUT2D eigenvalue weighted by molar-refractivity contribution is 6.08. The highest BCUT2D eigenvalue weighted by Gasteiger charge is 2.17. The van der Waals surface area contributed by atoms with Crippen LogP contribution in [0.5, 0.6) is 0 Å². The van der Waals surface area contributed by atoms with E-state index in [-0.39, 0.29) is 11.3 Å². The first kappa shape index (κ1) is 12.8. The number of carboxylic acid groups (broad SMARTS) is 1. The number of aromatic carboxylic acids is 1. The van der Waals surface area contributed by atoms with Crippen LogP contribution in [-0.4, -0.2) is 22.0 Å². The number of nitrogens with one attached hydrogen (secondary N) is 1. The summed E-state index contributed by atoms with van der Waals surface area (Å²) in [7, 11) is 0. The van der Waals surface area contributed by atoms with Crippen LogP contribution in [0, 0.1) is 13.8 Å². The Labute approximate surface area is 109 Å². The number of amides is 1. The number of carbonyl (C=O) groups is 2. The molecule has 1 amide bonds. The number of carbonyl (C=O) groups excluding carboxylic acids is 1. The summed E-state index contributed by atoms with van der Waals surface area (Å²) < 4.78 is 5.26. The number of aryl methyl sites for hydroxylation is 2. The van der Waals surface area contributed by atoms with E-state index in [0.717, 1.165) is 0 Å². The number of nitrogens with zero attached hydrogens (tertiary/aromatic N) is 1. The number of anilines is 1. The van der Waals surface area contributed by atoms with Crippen molar-refractivity contribution in [1.29, 1.82) is 0 Å². The van der Waals surface area contributed by atoms with Gasteiger partial charge in [-0.25, -0.2) is 4.79 Å². The Morgan fingerprint density at radius 1 is 1.32 bits per heavy atom. The van der Waals surface area contributed by atoms with Crippen molar-refractivity contribution in [1.82, 2.24) is 4.98 Å². The monoisotopic (exact) mass is 260 g/mol. The van der Waals surface area contributed by atoms with E-state index in [1.807, 2.05) is 0 Å². The summed E-state index contributed by atoms with van der Waals surface area (Å²) in [5.41, 5.74) is 0.511. The van der Waals surface area contributed by atoms with Gasteiger partial charge in [0.05, 0.1) is 23.0 Å². The lowest BCUT2D eigenvalue weighted by Gasteiger charge is -2.06. The zero-order valence-corrected chi connectivity index (χ0v) is 10.4. The van der Waals surface area contributed by atoms with Crippen LogP contribution in [0.25, 0.3) is 0 Å². The maximum absolute atomic E-state index is 12.0. The lowest BCUT2D eigenvalue weighted by Crippen LogP contribution is -2.15. The van der Waals surface area contributed by atoms with E-state index >= 15 is 0 Å². The van der Waals surface area contributed by atoms with Gasteiger partial charge in [0.15, 0.2) is 0 Å². The SMILES string of the molecule is Cc1cc(C(=O)Nc2cnccc2C(=O)O)c(C)o1. The molecule has 0 saturated carbocycles. The predicted molar refractivity (Wildman–Crippen MR) is 67.3 cm³/mol. The number of hydrogen-bond acceptors (Lipinski definition) is 4. The molecule has 0 fully saturated rings. The van der Waals surface area contributed by atoms with Crippen molar-refractivity contribution in [2.45, 2.75) is 13.8 Å². The summed E-state index contributed by atoms with van der Waals surface area (Å²) in [5.74, 6) is -0.453. The average molecular weight is 260 g/mol. The molecule has 0 aromatic carbocycles. The molecule has 0 saturated heterocycles. The van der Waals surface area contributed by atoms with Crippen LogP contribution in [0.1, 0.15) is 32.2 Å². The molecule has 0 aliphatic carbocycles. The summed E-state index contributed by atoms with van der Waals surface area (Å²) in [6, 6.07) is 2.92. The molecule has 0 radical (unpaired) electrons.